The molecule has 0 fully saturated rings. The van der Waals surface area contributed by atoms with Crippen LogP contribution in [0.1, 0.15) is 5.56 Å². The van der Waals surface area contributed by atoms with Crippen molar-refractivity contribution in [2.24, 2.45) is 0 Å². The minimum Gasteiger partial charge on any atom is -0.386 e. The monoisotopic (exact) mass is 292 g/mol. The van der Waals surface area contributed by atoms with E-state index in [4.69, 9.17) is 0 Å². The van der Waals surface area contributed by atoms with E-state index in [9.17, 15) is 8.42 Å². The van der Waals surface area contributed by atoms with Gasteiger partial charge in [-0.25, -0.2) is 13.4 Å². The van der Waals surface area contributed by atoms with E-state index in [2.05, 4.69) is 15.3 Å². The lowest BCUT2D eigenvalue weighted by atomic mass is 10.3. The average Bonchev–Trinajstić information content (AvgIpc) is 2.48. The fourth-order valence-electron chi connectivity index (χ4n) is 1.76. The van der Waals surface area contributed by atoms with Crippen LogP contribution < -0.4 is 5.32 Å². The van der Waals surface area contributed by atoms with Crippen LogP contribution in [-0.4, -0.2) is 36.8 Å². The summed E-state index contributed by atoms with van der Waals surface area (Å²) in [6.45, 7) is 0.268. The molecule has 0 aliphatic carbocycles. The van der Waals surface area contributed by atoms with Crippen molar-refractivity contribution in [3.63, 3.8) is 0 Å². The summed E-state index contributed by atoms with van der Waals surface area (Å²) >= 11 is 0. The van der Waals surface area contributed by atoms with Gasteiger partial charge in [0.25, 0.3) is 10.0 Å². The third-order valence-electron chi connectivity index (χ3n) is 2.85. The highest BCUT2D eigenvalue weighted by atomic mass is 32.2. The van der Waals surface area contributed by atoms with Crippen molar-refractivity contribution in [2.75, 3.05) is 19.4 Å². The predicted molar refractivity (Wildman–Crippen MR) is 76.7 cm³/mol. The van der Waals surface area contributed by atoms with E-state index in [1.165, 1.54) is 17.5 Å². The summed E-state index contributed by atoms with van der Waals surface area (Å²) in [6.07, 6.45) is 4.74. The Labute approximate surface area is 118 Å². The SMILES string of the molecule is CNc1cccnc1S(=O)(=O)N(C)Cc1ccncc1. The standard InChI is InChI=1S/C13H16N4O2S/c1-14-12-4-3-7-16-13(12)20(18,19)17(2)10-11-5-8-15-9-6-11/h3-9,14H,10H2,1-2H3. The topological polar surface area (TPSA) is 75.2 Å². The van der Waals surface area contributed by atoms with Gasteiger partial charge < -0.3 is 5.32 Å². The molecule has 6 nitrogen and oxygen atoms in total. The molecule has 1 N–H and O–H groups in total. The Morgan fingerprint density at radius 3 is 2.55 bits per heavy atom. The molecule has 2 aromatic heterocycles. The number of hydrogen-bond donors (Lipinski definition) is 1. The van der Waals surface area contributed by atoms with Gasteiger partial charge in [0.1, 0.15) is 0 Å². The van der Waals surface area contributed by atoms with E-state index in [1.54, 1.807) is 43.7 Å². The lowest BCUT2D eigenvalue weighted by Crippen LogP contribution is -2.28. The number of sulfonamides is 1. The van der Waals surface area contributed by atoms with Crippen molar-refractivity contribution in [3.8, 4) is 0 Å². The second kappa shape index (κ2) is 5.98. The van der Waals surface area contributed by atoms with Gasteiger partial charge in [-0.1, -0.05) is 0 Å². The van der Waals surface area contributed by atoms with Gasteiger partial charge in [-0.3, -0.25) is 4.98 Å². The number of nitrogens with one attached hydrogen (secondary N) is 1. The first-order chi connectivity index (χ1) is 9.55. The molecule has 2 aromatic rings. The smallest absolute Gasteiger partial charge is 0.262 e. The van der Waals surface area contributed by atoms with Crippen LogP contribution in [-0.2, 0) is 16.6 Å². The van der Waals surface area contributed by atoms with E-state index >= 15 is 0 Å². The quantitative estimate of drug-likeness (QED) is 0.900. The lowest BCUT2D eigenvalue weighted by Gasteiger charge is -2.18. The third kappa shape index (κ3) is 2.94. The van der Waals surface area contributed by atoms with Crippen LogP contribution in [0.15, 0.2) is 47.9 Å². The second-order valence-corrected chi connectivity index (χ2v) is 6.18. The summed E-state index contributed by atoms with van der Waals surface area (Å²) in [5.41, 5.74) is 1.35. The maximum atomic E-state index is 12.5. The molecule has 0 bridgehead atoms. The molecule has 0 saturated carbocycles. The van der Waals surface area contributed by atoms with Gasteiger partial charge in [0.05, 0.1) is 5.69 Å². The molecule has 106 valence electrons. The Balaban J connectivity index is 2.30. The fourth-order valence-corrected chi connectivity index (χ4v) is 3.02. The fraction of sp³-hybridized carbons (Fsp3) is 0.231. The van der Waals surface area contributed by atoms with Gasteiger partial charge in [-0.05, 0) is 29.8 Å². The number of aromatic nitrogens is 2. The number of rotatable bonds is 5. The summed E-state index contributed by atoms with van der Waals surface area (Å²) < 4.78 is 26.3. The van der Waals surface area contributed by atoms with Crippen molar-refractivity contribution in [2.45, 2.75) is 11.6 Å². The number of hydrogen-bond acceptors (Lipinski definition) is 5. The zero-order chi connectivity index (χ0) is 14.6. The number of nitrogens with zero attached hydrogens (tertiary/aromatic N) is 3. The van der Waals surface area contributed by atoms with Crippen molar-refractivity contribution < 1.29 is 8.42 Å². The molecule has 0 atom stereocenters. The second-order valence-electron chi connectivity index (χ2n) is 4.22. The molecule has 0 unspecified atom stereocenters. The Morgan fingerprint density at radius 2 is 1.90 bits per heavy atom. The van der Waals surface area contributed by atoms with E-state index in [1.807, 2.05) is 0 Å². The Hall–Kier alpha value is -1.99. The largest absolute Gasteiger partial charge is 0.386 e. The van der Waals surface area contributed by atoms with Gasteiger partial charge in [-0.15, -0.1) is 0 Å². The number of pyridine rings is 2. The van der Waals surface area contributed by atoms with Crippen LogP contribution in [0.5, 0.6) is 0 Å². The van der Waals surface area contributed by atoms with Gasteiger partial charge >= 0.3 is 0 Å². The first kappa shape index (κ1) is 14.4. The molecule has 0 aliphatic rings. The van der Waals surface area contributed by atoms with E-state index in [0.29, 0.717) is 5.69 Å². The maximum Gasteiger partial charge on any atom is 0.262 e. The third-order valence-corrected chi connectivity index (χ3v) is 4.61. The molecule has 0 radical (unpaired) electrons. The van der Waals surface area contributed by atoms with Crippen molar-refractivity contribution in [1.82, 2.24) is 14.3 Å². The molecule has 20 heavy (non-hydrogen) atoms. The zero-order valence-electron chi connectivity index (χ0n) is 11.3. The Bertz CT molecular complexity index is 674. The highest BCUT2D eigenvalue weighted by molar-refractivity contribution is 7.89. The highest BCUT2D eigenvalue weighted by Crippen LogP contribution is 2.21. The molecule has 2 heterocycles. The van der Waals surface area contributed by atoms with Gasteiger partial charge in [0.2, 0.25) is 0 Å². The molecular formula is C13H16N4O2S. The summed E-state index contributed by atoms with van der Waals surface area (Å²) in [6, 6.07) is 6.93. The van der Waals surface area contributed by atoms with E-state index in [-0.39, 0.29) is 11.6 Å². The molecular weight excluding hydrogens is 276 g/mol. The molecule has 2 rings (SSSR count). The summed E-state index contributed by atoms with van der Waals surface area (Å²) in [5.74, 6) is 0. The first-order valence-corrected chi connectivity index (χ1v) is 7.47. The molecule has 0 amide bonds. The zero-order valence-corrected chi connectivity index (χ0v) is 12.1. The normalized spacial score (nSPS) is 11.6. The minimum absolute atomic E-state index is 0.0269. The summed E-state index contributed by atoms with van der Waals surface area (Å²) in [4.78, 5) is 7.89. The van der Waals surface area contributed by atoms with Crippen LogP contribution >= 0.6 is 0 Å². The predicted octanol–water partition coefficient (Wildman–Crippen LogP) is 1.34. The first-order valence-electron chi connectivity index (χ1n) is 6.03. The van der Waals surface area contributed by atoms with Crippen molar-refractivity contribution >= 4 is 15.7 Å². The summed E-state index contributed by atoms with van der Waals surface area (Å²) in [7, 11) is -0.443. The molecule has 0 saturated heterocycles. The highest BCUT2D eigenvalue weighted by Gasteiger charge is 2.25. The van der Waals surface area contributed by atoms with Gasteiger partial charge in [-0.2, -0.15) is 4.31 Å². The molecule has 0 aliphatic heterocycles. The van der Waals surface area contributed by atoms with Crippen LogP contribution in [0.4, 0.5) is 5.69 Å². The maximum absolute atomic E-state index is 12.5. The van der Waals surface area contributed by atoms with Crippen LogP contribution in [0.25, 0.3) is 0 Å². The average molecular weight is 292 g/mol. The Kier molecular flexibility index (Phi) is 4.31. The minimum atomic E-state index is -3.64. The van der Waals surface area contributed by atoms with Crippen molar-refractivity contribution in [1.29, 1.82) is 0 Å². The van der Waals surface area contributed by atoms with Crippen LogP contribution in [0.3, 0.4) is 0 Å². The van der Waals surface area contributed by atoms with E-state index in [0.717, 1.165) is 5.56 Å². The molecule has 0 spiro atoms. The van der Waals surface area contributed by atoms with Crippen molar-refractivity contribution in [3.05, 3.63) is 48.4 Å². The lowest BCUT2D eigenvalue weighted by molar-refractivity contribution is 0.464. The molecule has 0 aromatic carbocycles. The summed E-state index contributed by atoms with van der Waals surface area (Å²) in [5, 5.41) is 2.87. The molecule has 7 heteroatoms. The van der Waals surface area contributed by atoms with E-state index < -0.39 is 10.0 Å². The number of anilines is 1. The Morgan fingerprint density at radius 1 is 1.20 bits per heavy atom. The van der Waals surface area contributed by atoms with Gasteiger partial charge in [0.15, 0.2) is 5.03 Å². The van der Waals surface area contributed by atoms with Gasteiger partial charge in [0, 0.05) is 39.2 Å². The van der Waals surface area contributed by atoms with Crippen LogP contribution in [0.2, 0.25) is 0 Å². The van der Waals surface area contributed by atoms with Crippen LogP contribution in [0, 0.1) is 0 Å².